The van der Waals surface area contributed by atoms with Gasteiger partial charge in [-0.3, -0.25) is 0 Å². The fourth-order valence-corrected chi connectivity index (χ4v) is 2.62. The van der Waals surface area contributed by atoms with E-state index in [0.717, 1.165) is 6.98 Å². The third kappa shape index (κ3) is 2.99. The first-order valence-corrected chi connectivity index (χ1v) is 6.31. The second-order valence-electron chi connectivity index (χ2n) is 4.31. The molecule has 0 amide bonds. The molecular formula is C11H25BN2. The molecule has 0 spiro atoms. The number of rotatable bonds is 5. The van der Waals surface area contributed by atoms with Crippen LogP contribution in [0.5, 0.6) is 0 Å². The molecule has 1 heterocycles. The third-order valence-electron chi connectivity index (χ3n) is 3.12. The lowest BCUT2D eigenvalue weighted by Crippen LogP contribution is -2.57. The Hall–Kier alpha value is -0.0151. The summed E-state index contributed by atoms with van der Waals surface area (Å²) in [6.45, 7) is 12.8. The Morgan fingerprint density at radius 3 is 1.79 bits per heavy atom. The Morgan fingerprint density at radius 1 is 0.929 bits per heavy atom. The van der Waals surface area contributed by atoms with Gasteiger partial charge in [0.05, 0.1) is 0 Å². The quantitative estimate of drug-likeness (QED) is 0.622. The van der Waals surface area contributed by atoms with Gasteiger partial charge in [-0.2, -0.15) is 0 Å². The van der Waals surface area contributed by atoms with Crippen LogP contribution in [0.4, 0.5) is 0 Å². The molecule has 0 bridgehead atoms. The Bertz CT molecular complexity index is 134. The summed E-state index contributed by atoms with van der Waals surface area (Å²) in [5, 5.41) is 0. The van der Waals surface area contributed by atoms with E-state index in [1.165, 1.54) is 51.8 Å². The molecule has 0 saturated carbocycles. The second kappa shape index (κ2) is 6.47. The Balaban J connectivity index is 2.50. The maximum atomic E-state index is 2.67. The second-order valence-corrected chi connectivity index (χ2v) is 4.31. The van der Waals surface area contributed by atoms with Crippen molar-refractivity contribution in [2.45, 2.75) is 46.4 Å². The van der Waals surface area contributed by atoms with E-state index in [-0.39, 0.29) is 0 Å². The van der Waals surface area contributed by atoms with Crippen LogP contribution in [0.2, 0.25) is 6.32 Å². The Kier molecular flexibility index (Phi) is 5.57. The van der Waals surface area contributed by atoms with Crippen molar-refractivity contribution in [3.05, 3.63) is 0 Å². The van der Waals surface area contributed by atoms with Crippen LogP contribution >= 0.6 is 0 Å². The molecule has 0 aromatic heterocycles. The number of hydrogen-bond acceptors (Lipinski definition) is 2. The highest BCUT2D eigenvalue weighted by Gasteiger charge is 2.30. The highest BCUT2D eigenvalue weighted by molar-refractivity contribution is 6.52. The van der Waals surface area contributed by atoms with Crippen LogP contribution in [0.3, 0.4) is 0 Å². The average molecular weight is 196 g/mol. The van der Waals surface area contributed by atoms with Crippen molar-refractivity contribution in [3.63, 3.8) is 0 Å². The molecule has 2 nitrogen and oxygen atoms in total. The smallest absolute Gasteiger partial charge is 0.310 e. The van der Waals surface area contributed by atoms with Gasteiger partial charge in [0.15, 0.2) is 0 Å². The van der Waals surface area contributed by atoms with E-state index in [4.69, 9.17) is 0 Å². The van der Waals surface area contributed by atoms with E-state index in [2.05, 4.69) is 30.4 Å². The summed E-state index contributed by atoms with van der Waals surface area (Å²) < 4.78 is 0. The van der Waals surface area contributed by atoms with Gasteiger partial charge in [0.2, 0.25) is 0 Å². The highest BCUT2D eigenvalue weighted by atomic mass is 15.2. The molecule has 0 aliphatic carbocycles. The number of nitrogens with zero attached hydrogens (tertiary/aromatic N) is 2. The van der Waals surface area contributed by atoms with Crippen molar-refractivity contribution in [1.29, 1.82) is 0 Å². The van der Waals surface area contributed by atoms with Crippen molar-refractivity contribution in [2.24, 2.45) is 0 Å². The van der Waals surface area contributed by atoms with Crippen molar-refractivity contribution >= 4 is 6.98 Å². The zero-order valence-corrected chi connectivity index (χ0v) is 10.1. The first-order chi connectivity index (χ1) is 6.83. The van der Waals surface area contributed by atoms with Crippen LogP contribution in [-0.4, -0.2) is 42.8 Å². The summed E-state index contributed by atoms with van der Waals surface area (Å²) in [7, 11) is 0. The van der Waals surface area contributed by atoms with Gasteiger partial charge in [-0.1, -0.05) is 20.8 Å². The largest absolute Gasteiger partial charge is 0.328 e. The minimum Gasteiger partial charge on any atom is -0.328 e. The molecule has 0 N–H and O–H groups in total. The standard InChI is InChI=1S/C11H25BN2/c1-4-8-13-10-7-11-14(9-5-2)12(13)6-3/h4-11H2,1-3H3. The van der Waals surface area contributed by atoms with E-state index < -0.39 is 0 Å². The van der Waals surface area contributed by atoms with Crippen LogP contribution in [-0.2, 0) is 0 Å². The summed E-state index contributed by atoms with van der Waals surface area (Å²) in [6.07, 6.45) is 5.21. The van der Waals surface area contributed by atoms with Gasteiger partial charge in [0.25, 0.3) is 0 Å². The molecule has 1 fully saturated rings. The maximum absolute atomic E-state index is 2.67. The highest BCUT2D eigenvalue weighted by Crippen LogP contribution is 2.14. The van der Waals surface area contributed by atoms with Crippen LogP contribution in [0.25, 0.3) is 0 Å². The first-order valence-electron chi connectivity index (χ1n) is 6.31. The van der Waals surface area contributed by atoms with Crippen LogP contribution in [0, 0.1) is 0 Å². The SMILES string of the molecule is CCCN1CCCN(CCC)B1CC. The summed E-state index contributed by atoms with van der Waals surface area (Å²) in [5.41, 5.74) is 0. The first kappa shape index (κ1) is 12.1. The molecule has 0 aromatic carbocycles. The Morgan fingerprint density at radius 2 is 1.43 bits per heavy atom. The van der Waals surface area contributed by atoms with E-state index in [0.29, 0.717) is 0 Å². The normalized spacial score (nSPS) is 20.4. The molecule has 3 heteroatoms. The molecule has 1 aliphatic rings. The molecule has 0 radical (unpaired) electrons. The van der Waals surface area contributed by atoms with Crippen LogP contribution in [0.15, 0.2) is 0 Å². The summed E-state index contributed by atoms with van der Waals surface area (Å²) in [4.78, 5) is 5.33. The zero-order chi connectivity index (χ0) is 10.4. The van der Waals surface area contributed by atoms with E-state index >= 15 is 0 Å². The maximum Gasteiger partial charge on any atom is 0.310 e. The van der Waals surface area contributed by atoms with Crippen molar-refractivity contribution in [2.75, 3.05) is 26.2 Å². The Labute approximate surface area is 89.8 Å². The third-order valence-corrected chi connectivity index (χ3v) is 3.12. The molecule has 1 aliphatic heterocycles. The molecule has 0 unspecified atom stereocenters. The summed E-state index contributed by atoms with van der Waals surface area (Å²) in [6, 6.07) is 0. The predicted molar refractivity (Wildman–Crippen MR) is 64.6 cm³/mol. The monoisotopic (exact) mass is 196 g/mol. The molecule has 1 saturated heterocycles. The van der Waals surface area contributed by atoms with Gasteiger partial charge in [-0.05, 0) is 51.8 Å². The van der Waals surface area contributed by atoms with Crippen molar-refractivity contribution in [1.82, 2.24) is 9.62 Å². The fourth-order valence-electron chi connectivity index (χ4n) is 2.62. The van der Waals surface area contributed by atoms with Crippen LogP contribution < -0.4 is 0 Å². The minimum atomic E-state index is 0.726. The van der Waals surface area contributed by atoms with Gasteiger partial charge in [0.1, 0.15) is 0 Å². The van der Waals surface area contributed by atoms with Gasteiger partial charge >= 0.3 is 6.98 Å². The molecule has 0 aromatic rings. The van der Waals surface area contributed by atoms with Gasteiger partial charge in [0, 0.05) is 0 Å². The van der Waals surface area contributed by atoms with Gasteiger partial charge < -0.3 is 9.62 Å². The summed E-state index contributed by atoms with van der Waals surface area (Å²) in [5.74, 6) is 0. The van der Waals surface area contributed by atoms with Gasteiger partial charge in [-0.15, -0.1) is 0 Å². The van der Waals surface area contributed by atoms with Crippen LogP contribution in [0.1, 0.15) is 40.0 Å². The van der Waals surface area contributed by atoms with E-state index in [1.54, 1.807) is 0 Å². The van der Waals surface area contributed by atoms with Gasteiger partial charge in [-0.25, -0.2) is 0 Å². The molecular weight excluding hydrogens is 171 g/mol. The fraction of sp³-hybridized carbons (Fsp3) is 1.00. The molecule has 0 atom stereocenters. The average Bonchev–Trinajstić information content (AvgIpc) is 2.19. The van der Waals surface area contributed by atoms with Crippen molar-refractivity contribution < 1.29 is 0 Å². The predicted octanol–water partition coefficient (Wildman–Crippen LogP) is 2.32. The molecule has 14 heavy (non-hydrogen) atoms. The topological polar surface area (TPSA) is 6.48 Å². The lowest BCUT2D eigenvalue weighted by molar-refractivity contribution is 0.280. The lowest BCUT2D eigenvalue weighted by atomic mass is 9.66. The molecule has 82 valence electrons. The van der Waals surface area contributed by atoms with E-state index in [1.807, 2.05) is 0 Å². The van der Waals surface area contributed by atoms with E-state index in [9.17, 15) is 0 Å². The molecule has 1 rings (SSSR count). The zero-order valence-electron chi connectivity index (χ0n) is 10.1. The van der Waals surface area contributed by atoms with Crippen molar-refractivity contribution in [3.8, 4) is 0 Å². The minimum absolute atomic E-state index is 0.726. The number of hydrogen-bond donors (Lipinski definition) is 0. The lowest BCUT2D eigenvalue weighted by Gasteiger charge is -2.41. The summed E-state index contributed by atoms with van der Waals surface area (Å²) >= 11 is 0.